The molecule has 0 spiro atoms. The number of rotatable bonds is 0. The minimum absolute atomic E-state index is 0.159. The molecule has 2 N–H and O–H groups in total. The molecule has 0 aliphatic heterocycles. The van der Waals surface area contributed by atoms with Crippen molar-refractivity contribution in [1.29, 1.82) is 0 Å². The Kier molecular flexibility index (Phi) is 1.40. The normalized spacial score (nSPS) is 10.3. The van der Waals surface area contributed by atoms with Crippen molar-refractivity contribution in [3.8, 4) is 22.6 Å². The van der Waals surface area contributed by atoms with Crippen molar-refractivity contribution in [1.82, 2.24) is 0 Å². The zero-order chi connectivity index (χ0) is 8.55. The van der Waals surface area contributed by atoms with Gasteiger partial charge in [-0.25, -0.2) is 0 Å². The molecule has 60 valence electrons. The van der Waals surface area contributed by atoms with Gasteiger partial charge in [-0.05, 0) is 23.8 Å². The second-order valence-electron chi connectivity index (χ2n) is 2.68. The summed E-state index contributed by atoms with van der Waals surface area (Å²) in [5.74, 6) is 0.349. The summed E-state index contributed by atoms with van der Waals surface area (Å²) in [5, 5.41) is 18.7. The van der Waals surface area contributed by atoms with E-state index in [1.165, 1.54) is 12.1 Å². The van der Waals surface area contributed by atoms with Crippen LogP contribution in [0.5, 0.6) is 11.5 Å². The van der Waals surface area contributed by atoms with Gasteiger partial charge in [0.25, 0.3) is 0 Å². The van der Waals surface area contributed by atoms with Crippen LogP contribution in [0.1, 0.15) is 0 Å². The molecule has 2 heteroatoms. The van der Waals surface area contributed by atoms with Crippen molar-refractivity contribution in [3.05, 3.63) is 36.4 Å². The topological polar surface area (TPSA) is 40.5 Å². The molecular formula is C10H8O2. The van der Waals surface area contributed by atoms with Crippen molar-refractivity contribution in [2.45, 2.75) is 0 Å². The second kappa shape index (κ2) is 2.41. The van der Waals surface area contributed by atoms with Gasteiger partial charge in [-0.15, -0.1) is 0 Å². The Morgan fingerprint density at radius 1 is 0.917 bits per heavy atom. The lowest BCUT2D eigenvalue weighted by Gasteiger charge is -1.92. The fraction of sp³-hybridized carbons (Fsp3) is 0. The van der Waals surface area contributed by atoms with Gasteiger partial charge in [0, 0.05) is 5.56 Å². The molecule has 2 aliphatic carbocycles. The molecular weight excluding hydrogens is 152 g/mol. The fourth-order valence-corrected chi connectivity index (χ4v) is 1.25. The highest BCUT2D eigenvalue weighted by atomic mass is 16.3. The molecule has 2 nitrogen and oxygen atoms in total. The molecule has 0 amide bonds. The number of fused-ring (bicyclic) bond motifs is 1. The van der Waals surface area contributed by atoms with E-state index >= 15 is 0 Å². The van der Waals surface area contributed by atoms with Crippen LogP contribution in [-0.2, 0) is 0 Å². The van der Waals surface area contributed by atoms with Gasteiger partial charge in [-0.1, -0.05) is 18.2 Å². The van der Waals surface area contributed by atoms with Crippen LogP contribution in [-0.4, -0.2) is 10.2 Å². The Morgan fingerprint density at radius 3 is 2.58 bits per heavy atom. The largest absolute Gasteiger partial charge is 0.508 e. The smallest absolute Gasteiger partial charge is 0.123 e. The predicted molar refractivity (Wildman–Crippen MR) is 46.4 cm³/mol. The maximum absolute atomic E-state index is 9.43. The minimum Gasteiger partial charge on any atom is -0.508 e. The average Bonchev–Trinajstić information content (AvgIpc) is 2.44. The van der Waals surface area contributed by atoms with Gasteiger partial charge in [-0.2, -0.15) is 0 Å². The zero-order valence-corrected chi connectivity index (χ0v) is 6.36. The third-order valence-corrected chi connectivity index (χ3v) is 1.84. The standard InChI is InChI=1S/C10H8O2/c11-8-4-5-10(12)9-3-1-2-7(9)6-8/h1-6,11-12H. The molecule has 0 aromatic carbocycles. The maximum atomic E-state index is 9.43. The van der Waals surface area contributed by atoms with Crippen molar-refractivity contribution in [3.63, 3.8) is 0 Å². The van der Waals surface area contributed by atoms with E-state index in [9.17, 15) is 10.2 Å². The lowest BCUT2D eigenvalue weighted by Crippen LogP contribution is -1.65. The van der Waals surface area contributed by atoms with Gasteiger partial charge >= 0.3 is 0 Å². The van der Waals surface area contributed by atoms with Crippen LogP contribution in [0, 0.1) is 0 Å². The van der Waals surface area contributed by atoms with E-state index in [2.05, 4.69) is 0 Å². The molecule has 0 heterocycles. The van der Waals surface area contributed by atoms with E-state index in [0.29, 0.717) is 0 Å². The monoisotopic (exact) mass is 160 g/mol. The Morgan fingerprint density at radius 2 is 1.75 bits per heavy atom. The first-order valence-electron chi connectivity index (χ1n) is 3.68. The highest BCUT2D eigenvalue weighted by Gasteiger charge is 2.05. The zero-order valence-electron chi connectivity index (χ0n) is 6.36. The number of hydrogen-bond acceptors (Lipinski definition) is 2. The Labute approximate surface area is 70.1 Å². The van der Waals surface area contributed by atoms with Crippen molar-refractivity contribution < 1.29 is 10.2 Å². The first kappa shape index (κ1) is 6.98. The predicted octanol–water partition coefficient (Wildman–Crippen LogP) is 2.20. The summed E-state index contributed by atoms with van der Waals surface area (Å²) in [7, 11) is 0. The van der Waals surface area contributed by atoms with Crippen molar-refractivity contribution in [2.24, 2.45) is 0 Å². The molecule has 0 saturated heterocycles. The van der Waals surface area contributed by atoms with Gasteiger partial charge < -0.3 is 10.2 Å². The molecule has 0 unspecified atom stereocenters. The lowest BCUT2D eigenvalue weighted by molar-refractivity contribution is 0.471. The highest BCUT2D eigenvalue weighted by Crippen LogP contribution is 2.32. The van der Waals surface area contributed by atoms with Gasteiger partial charge in [0.05, 0.1) is 0 Å². The number of hydrogen-bond donors (Lipinski definition) is 2. The molecule has 0 saturated carbocycles. The quantitative estimate of drug-likeness (QED) is 0.620. The third kappa shape index (κ3) is 0.975. The molecule has 12 heavy (non-hydrogen) atoms. The first-order chi connectivity index (χ1) is 5.77. The fourth-order valence-electron chi connectivity index (χ4n) is 1.25. The average molecular weight is 160 g/mol. The Balaban J connectivity index is 2.78. The highest BCUT2D eigenvalue weighted by molar-refractivity contribution is 5.73. The van der Waals surface area contributed by atoms with Crippen LogP contribution in [0.15, 0.2) is 36.4 Å². The maximum Gasteiger partial charge on any atom is 0.123 e. The summed E-state index contributed by atoms with van der Waals surface area (Å²) in [5.41, 5.74) is 1.60. The van der Waals surface area contributed by atoms with Gasteiger partial charge in [0.1, 0.15) is 11.5 Å². The van der Waals surface area contributed by atoms with Crippen LogP contribution < -0.4 is 0 Å². The molecule has 0 bridgehead atoms. The van der Waals surface area contributed by atoms with Crippen LogP contribution in [0.3, 0.4) is 0 Å². The summed E-state index contributed by atoms with van der Waals surface area (Å²) >= 11 is 0. The molecule has 0 radical (unpaired) electrons. The van der Waals surface area contributed by atoms with Gasteiger partial charge in [0.2, 0.25) is 0 Å². The summed E-state index contributed by atoms with van der Waals surface area (Å²) in [6.45, 7) is 0. The Bertz CT molecular complexity index is 382. The van der Waals surface area contributed by atoms with E-state index in [4.69, 9.17) is 0 Å². The van der Waals surface area contributed by atoms with Gasteiger partial charge in [-0.3, -0.25) is 0 Å². The van der Waals surface area contributed by atoms with Crippen LogP contribution >= 0.6 is 0 Å². The van der Waals surface area contributed by atoms with E-state index in [1.54, 1.807) is 6.07 Å². The van der Waals surface area contributed by atoms with E-state index in [-0.39, 0.29) is 11.5 Å². The molecule has 2 aliphatic rings. The van der Waals surface area contributed by atoms with E-state index in [0.717, 1.165) is 11.1 Å². The van der Waals surface area contributed by atoms with Crippen LogP contribution in [0.25, 0.3) is 11.1 Å². The van der Waals surface area contributed by atoms with E-state index < -0.39 is 0 Å². The van der Waals surface area contributed by atoms with Crippen molar-refractivity contribution >= 4 is 0 Å². The summed E-state index contributed by atoms with van der Waals surface area (Å²) < 4.78 is 0. The molecule has 0 aromatic heterocycles. The van der Waals surface area contributed by atoms with Crippen molar-refractivity contribution in [2.75, 3.05) is 0 Å². The molecule has 2 rings (SSSR count). The lowest BCUT2D eigenvalue weighted by atomic mass is 10.2. The van der Waals surface area contributed by atoms with Crippen LogP contribution in [0.4, 0.5) is 0 Å². The van der Waals surface area contributed by atoms with Gasteiger partial charge in [0.15, 0.2) is 0 Å². The number of aromatic hydroxyl groups is 2. The van der Waals surface area contributed by atoms with Crippen LogP contribution in [0.2, 0.25) is 0 Å². The first-order valence-corrected chi connectivity index (χ1v) is 3.68. The molecule has 0 fully saturated rings. The SMILES string of the molecule is Oc1ccc(O)c2cccc-2c1. The summed E-state index contributed by atoms with van der Waals surface area (Å²) in [6, 6.07) is 10.1. The molecule has 0 aromatic rings. The van der Waals surface area contributed by atoms with E-state index in [1.807, 2.05) is 18.2 Å². The molecule has 0 atom stereocenters. The second-order valence-corrected chi connectivity index (χ2v) is 2.68. The minimum atomic E-state index is 0.159. The third-order valence-electron chi connectivity index (χ3n) is 1.84. The Hall–Kier alpha value is -1.70. The summed E-state index contributed by atoms with van der Waals surface area (Å²) in [4.78, 5) is 0. The summed E-state index contributed by atoms with van der Waals surface area (Å²) in [6.07, 6.45) is 0.